The molecule has 0 N–H and O–H groups in total. The van der Waals surface area contributed by atoms with Gasteiger partial charge in [-0.25, -0.2) is 9.18 Å². The zero-order valence-electron chi connectivity index (χ0n) is 23.0. The summed E-state index contributed by atoms with van der Waals surface area (Å²) in [4.78, 5) is 26.9. The molecule has 0 saturated carbocycles. The van der Waals surface area contributed by atoms with E-state index in [2.05, 4.69) is 14.0 Å². The van der Waals surface area contributed by atoms with Gasteiger partial charge in [-0.05, 0) is 29.8 Å². The van der Waals surface area contributed by atoms with E-state index in [0.29, 0.717) is 23.3 Å². The number of benzene rings is 3. The highest BCUT2D eigenvalue weighted by Gasteiger charge is 2.49. The highest BCUT2D eigenvalue weighted by atomic mass is 35.5. The van der Waals surface area contributed by atoms with Crippen LogP contribution in [0.1, 0.15) is 26.3 Å². The molecule has 10 nitrogen and oxygen atoms in total. The molecule has 0 spiro atoms. The molecule has 0 radical (unpaired) electrons. The van der Waals surface area contributed by atoms with Gasteiger partial charge in [0.15, 0.2) is 12.5 Å². The lowest BCUT2D eigenvalue weighted by Gasteiger charge is -2.31. The highest BCUT2D eigenvalue weighted by molar-refractivity contribution is 7.88. The van der Waals surface area contributed by atoms with Crippen molar-refractivity contribution in [1.82, 2.24) is 14.7 Å². The Hall–Kier alpha value is -4.34. The largest absolute Gasteiger partial charge is 0.534 e. The average Bonchev–Trinajstić information content (AvgIpc) is 3.42. The van der Waals surface area contributed by atoms with Gasteiger partial charge in [0.2, 0.25) is 0 Å². The van der Waals surface area contributed by atoms with Gasteiger partial charge >= 0.3 is 21.6 Å². The smallest absolute Gasteiger partial charge is 0.472 e. The molecule has 0 bridgehead atoms. The number of esters is 1. The Kier molecular flexibility index (Phi) is 8.46. The number of alkyl halides is 3. The minimum Gasteiger partial charge on any atom is -0.472 e. The predicted molar refractivity (Wildman–Crippen MR) is 153 cm³/mol. The predicted octanol–water partition coefficient (Wildman–Crippen LogP) is 6.21. The standard InChI is InChI=1S/C28H19Cl2F4N3O7S/c1-36-11-16(10-35-36)15-6-20(29)24(21(30)7-15)26(38)37-12-14-4-3-5-17(25(14)43-13-37)18-9-23(44-45(40,41)28(32,33)34)19(8-22(18)31)27(39)42-2/h3-11H,12-13H2,1-2H3. The summed E-state index contributed by atoms with van der Waals surface area (Å²) in [6, 6.07) is 8.58. The van der Waals surface area contributed by atoms with Gasteiger partial charge in [0.1, 0.15) is 17.1 Å². The van der Waals surface area contributed by atoms with Crippen LogP contribution in [-0.4, -0.2) is 54.3 Å². The molecule has 0 saturated heterocycles. The number of nitrogens with zero attached hydrogens (tertiary/aromatic N) is 3. The number of carbonyl (C=O) groups is 2. The van der Waals surface area contributed by atoms with E-state index in [0.717, 1.165) is 12.7 Å². The van der Waals surface area contributed by atoms with E-state index in [1.807, 2.05) is 0 Å². The number of amides is 1. The van der Waals surface area contributed by atoms with Gasteiger partial charge in [0.05, 0.1) is 35.5 Å². The van der Waals surface area contributed by atoms with Crippen molar-refractivity contribution in [3.63, 3.8) is 0 Å². The quantitative estimate of drug-likeness (QED) is 0.102. The number of halogens is 6. The van der Waals surface area contributed by atoms with Gasteiger partial charge in [0, 0.05) is 35.5 Å². The lowest BCUT2D eigenvalue weighted by atomic mass is 9.98. The Balaban J connectivity index is 1.49. The van der Waals surface area contributed by atoms with Crippen LogP contribution in [0.25, 0.3) is 22.3 Å². The van der Waals surface area contributed by atoms with Crippen molar-refractivity contribution < 1.29 is 49.2 Å². The number of rotatable bonds is 6. The molecule has 236 valence electrons. The first-order chi connectivity index (χ1) is 21.1. The number of para-hydroxylation sites is 1. The minimum absolute atomic E-state index is 0.00582. The second kappa shape index (κ2) is 11.9. The summed E-state index contributed by atoms with van der Waals surface area (Å²) in [5.41, 5.74) is -5.52. The molecule has 0 fully saturated rings. The van der Waals surface area contributed by atoms with Gasteiger partial charge in [0.25, 0.3) is 5.91 Å². The number of aromatic nitrogens is 2. The van der Waals surface area contributed by atoms with Gasteiger partial charge in [-0.2, -0.15) is 26.7 Å². The Morgan fingerprint density at radius 3 is 2.33 bits per heavy atom. The molecule has 45 heavy (non-hydrogen) atoms. The van der Waals surface area contributed by atoms with Crippen molar-refractivity contribution in [3.8, 4) is 33.8 Å². The third-order valence-electron chi connectivity index (χ3n) is 6.65. The number of hydrogen-bond donors (Lipinski definition) is 0. The third-order valence-corrected chi connectivity index (χ3v) is 8.21. The van der Waals surface area contributed by atoms with Gasteiger partial charge in [-0.15, -0.1) is 0 Å². The Morgan fingerprint density at radius 2 is 1.73 bits per heavy atom. The van der Waals surface area contributed by atoms with Crippen LogP contribution in [0.3, 0.4) is 0 Å². The first kappa shape index (κ1) is 32.1. The van der Waals surface area contributed by atoms with Crippen LogP contribution in [0.4, 0.5) is 17.6 Å². The van der Waals surface area contributed by atoms with Crippen LogP contribution < -0.4 is 8.92 Å². The van der Waals surface area contributed by atoms with Crippen LogP contribution in [-0.2, 0) is 28.4 Å². The topological polar surface area (TPSA) is 117 Å². The second-order valence-electron chi connectivity index (χ2n) is 9.59. The molecule has 17 heteroatoms. The fraction of sp³-hybridized carbons (Fsp3) is 0.179. The number of aryl methyl sites for hydroxylation is 1. The summed E-state index contributed by atoms with van der Waals surface area (Å²) in [7, 11) is -3.64. The molecule has 0 aliphatic carbocycles. The maximum absolute atomic E-state index is 15.3. The van der Waals surface area contributed by atoms with Crippen LogP contribution in [0.5, 0.6) is 11.5 Å². The molecule has 3 aromatic carbocycles. The van der Waals surface area contributed by atoms with Crippen LogP contribution in [0.15, 0.2) is 54.9 Å². The van der Waals surface area contributed by atoms with Gasteiger partial charge in [-0.3, -0.25) is 9.48 Å². The lowest BCUT2D eigenvalue weighted by Crippen LogP contribution is -2.37. The molecule has 0 atom stereocenters. The molecule has 0 unspecified atom stereocenters. The van der Waals surface area contributed by atoms with Gasteiger partial charge in [-0.1, -0.05) is 41.4 Å². The van der Waals surface area contributed by atoms with E-state index in [-0.39, 0.29) is 40.2 Å². The van der Waals surface area contributed by atoms with E-state index >= 15 is 4.39 Å². The fourth-order valence-corrected chi connectivity index (χ4v) is 5.67. The lowest BCUT2D eigenvalue weighted by molar-refractivity contribution is -0.0500. The number of ether oxygens (including phenoxy) is 2. The normalized spacial score (nSPS) is 13.2. The van der Waals surface area contributed by atoms with Crippen LogP contribution >= 0.6 is 23.2 Å². The van der Waals surface area contributed by atoms with Crippen molar-refractivity contribution >= 4 is 45.2 Å². The second-order valence-corrected chi connectivity index (χ2v) is 11.9. The summed E-state index contributed by atoms with van der Waals surface area (Å²) < 4.78 is 94.0. The zero-order valence-corrected chi connectivity index (χ0v) is 25.3. The summed E-state index contributed by atoms with van der Waals surface area (Å²) in [6.45, 7) is -0.444. The van der Waals surface area contributed by atoms with Crippen LogP contribution in [0.2, 0.25) is 10.0 Å². The maximum atomic E-state index is 15.3. The summed E-state index contributed by atoms with van der Waals surface area (Å²) in [6.07, 6.45) is 3.35. The van der Waals surface area contributed by atoms with E-state index in [4.69, 9.17) is 27.9 Å². The molecule has 2 heterocycles. The molecule has 1 amide bonds. The van der Waals surface area contributed by atoms with E-state index < -0.39 is 50.2 Å². The van der Waals surface area contributed by atoms with Gasteiger partial charge < -0.3 is 18.6 Å². The molecular weight excluding hydrogens is 669 g/mol. The third kappa shape index (κ3) is 6.15. The van der Waals surface area contributed by atoms with E-state index in [9.17, 15) is 31.2 Å². The highest BCUT2D eigenvalue weighted by Crippen LogP contribution is 2.42. The average molecular weight is 688 g/mol. The molecule has 1 aliphatic rings. The minimum atomic E-state index is -6.24. The Bertz CT molecular complexity index is 1940. The SMILES string of the molecule is COC(=O)c1cc(F)c(-c2cccc3c2OCN(C(=O)c2c(Cl)cc(-c4cnn(C)c4)cc2Cl)C3)cc1OS(=O)(=O)C(F)(F)F. The number of fused-ring (bicyclic) bond motifs is 1. The number of hydrogen-bond acceptors (Lipinski definition) is 8. The summed E-state index contributed by atoms with van der Waals surface area (Å²) >= 11 is 12.9. The fourth-order valence-electron chi connectivity index (χ4n) is 4.55. The summed E-state index contributed by atoms with van der Waals surface area (Å²) in [5.74, 6) is -4.14. The van der Waals surface area contributed by atoms with E-state index in [1.54, 1.807) is 42.3 Å². The van der Waals surface area contributed by atoms with Crippen molar-refractivity contribution in [1.29, 1.82) is 0 Å². The zero-order chi connectivity index (χ0) is 32.8. The number of methoxy groups -OCH3 is 1. The summed E-state index contributed by atoms with van der Waals surface area (Å²) in [5, 5.41) is 4.24. The van der Waals surface area contributed by atoms with Crippen molar-refractivity contribution in [2.75, 3.05) is 13.8 Å². The molecular formula is C28H19Cl2F4N3O7S. The molecule has 4 aromatic rings. The monoisotopic (exact) mass is 687 g/mol. The molecule has 5 rings (SSSR count). The van der Waals surface area contributed by atoms with Crippen LogP contribution in [0, 0.1) is 5.82 Å². The first-order valence-corrected chi connectivity index (χ1v) is 14.7. The molecule has 1 aromatic heterocycles. The van der Waals surface area contributed by atoms with E-state index in [1.165, 1.54) is 17.0 Å². The maximum Gasteiger partial charge on any atom is 0.534 e. The molecule has 1 aliphatic heterocycles. The van der Waals surface area contributed by atoms with Crippen molar-refractivity contribution in [3.05, 3.63) is 87.4 Å². The number of carbonyl (C=O) groups excluding carboxylic acids is 2. The van der Waals surface area contributed by atoms with Crippen molar-refractivity contribution in [2.24, 2.45) is 7.05 Å². The van der Waals surface area contributed by atoms with Crippen molar-refractivity contribution in [2.45, 2.75) is 12.1 Å². The first-order valence-electron chi connectivity index (χ1n) is 12.6. The Labute approximate surface area is 262 Å². The Morgan fingerprint density at radius 1 is 1.04 bits per heavy atom.